The highest BCUT2D eigenvalue weighted by Gasteiger charge is 2.45. The summed E-state index contributed by atoms with van der Waals surface area (Å²) < 4.78 is 0. The van der Waals surface area contributed by atoms with Crippen LogP contribution in [0.3, 0.4) is 0 Å². The third-order valence-electron chi connectivity index (χ3n) is 7.47. The Hall–Kier alpha value is -2.97. The quantitative estimate of drug-likeness (QED) is 0.350. The van der Waals surface area contributed by atoms with E-state index < -0.39 is 0 Å². The summed E-state index contributed by atoms with van der Waals surface area (Å²) in [6.07, 6.45) is 8.49. The van der Waals surface area contributed by atoms with Crippen molar-refractivity contribution in [1.82, 2.24) is 4.98 Å². The van der Waals surface area contributed by atoms with E-state index in [0.29, 0.717) is 5.92 Å². The largest absolute Gasteiger partial charge is 0.371 e. The van der Waals surface area contributed by atoms with Crippen molar-refractivity contribution in [3.05, 3.63) is 70.9 Å². The lowest BCUT2D eigenvalue weighted by Crippen LogP contribution is -2.63. The molecule has 5 rings (SSSR count). The summed E-state index contributed by atoms with van der Waals surface area (Å²) >= 11 is 1.68. The Bertz CT molecular complexity index is 1120. The van der Waals surface area contributed by atoms with Gasteiger partial charge in [0.15, 0.2) is 5.13 Å². The SMILES string of the molecule is NC1([C@H]2CCCN(c3ccc([N+](=O)[O-])cc3)C2)CCCCC1Nc1ncc(-c2ccccc2)s1. The molecule has 1 aliphatic heterocycles. The number of nitro benzene ring substituents is 1. The number of hydrogen-bond donors (Lipinski definition) is 2. The van der Waals surface area contributed by atoms with E-state index >= 15 is 0 Å². The van der Waals surface area contributed by atoms with Gasteiger partial charge in [-0.05, 0) is 49.3 Å². The number of nitrogens with two attached hydrogens (primary N) is 1. The van der Waals surface area contributed by atoms with E-state index in [0.717, 1.165) is 60.9 Å². The number of aromatic nitrogens is 1. The van der Waals surface area contributed by atoms with E-state index in [-0.39, 0.29) is 22.2 Å². The number of nitrogens with zero attached hydrogens (tertiary/aromatic N) is 3. The van der Waals surface area contributed by atoms with Crippen LogP contribution in [0.15, 0.2) is 60.8 Å². The fraction of sp³-hybridized carbons (Fsp3) is 0.423. The summed E-state index contributed by atoms with van der Waals surface area (Å²) in [7, 11) is 0. The molecule has 178 valence electrons. The van der Waals surface area contributed by atoms with Gasteiger partial charge in [0, 0.05) is 48.7 Å². The molecule has 0 amide bonds. The maximum Gasteiger partial charge on any atom is 0.269 e. The van der Waals surface area contributed by atoms with Gasteiger partial charge in [0.25, 0.3) is 5.69 Å². The zero-order valence-electron chi connectivity index (χ0n) is 19.2. The molecular formula is C26H31N5O2S. The molecule has 2 heterocycles. The summed E-state index contributed by atoms with van der Waals surface area (Å²) in [6, 6.07) is 17.4. The second-order valence-electron chi connectivity index (χ2n) is 9.51. The Balaban J connectivity index is 1.32. The summed E-state index contributed by atoms with van der Waals surface area (Å²) in [5.41, 5.74) is 9.28. The van der Waals surface area contributed by atoms with Crippen molar-refractivity contribution in [1.29, 1.82) is 0 Å². The molecule has 3 atom stereocenters. The van der Waals surface area contributed by atoms with Gasteiger partial charge in [-0.1, -0.05) is 54.5 Å². The maximum atomic E-state index is 11.0. The van der Waals surface area contributed by atoms with Gasteiger partial charge in [-0.2, -0.15) is 0 Å². The first-order chi connectivity index (χ1) is 16.5. The molecule has 7 nitrogen and oxygen atoms in total. The molecule has 8 heteroatoms. The predicted octanol–water partition coefficient (Wildman–Crippen LogP) is 5.69. The van der Waals surface area contributed by atoms with Crippen molar-refractivity contribution >= 4 is 27.8 Å². The first kappa shape index (κ1) is 22.8. The number of non-ortho nitro benzene ring substituents is 1. The minimum atomic E-state index is -0.349. The highest BCUT2D eigenvalue weighted by molar-refractivity contribution is 7.18. The Morgan fingerprint density at radius 1 is 1.09 bits per heavy atom. The van der Waals surface area contributed by atoms with Crippen LogP contribution in [0.1, 0.15) is 38.5 Å². The van der Waals surface area contributed by atoms with E-state index in [9.17, 15) is 10.1 Å². The number of anilines is 2. The molecule has 34 heavy (non-hydrogen) atoms. The molecule has 0 radical (unpaired) electrons. The van der Waals surface area contributed by atoms with Gasteiger partial charge in [0.1, 0.15) is 0 Å². The van der Waals surface area contributed by atoms with E-state index in [4.69, 9.17) is 5.73 Å². The highest BCUT2D eigenvalue weighted by atomic mass is 32.1. The fourth-order valence-corrected chi connectivity index (χ4v) is 6.45. The number of benzene rings is 2. The second-order valence-corrected chi connectivity index (χ2v) is 10.5. The summed E-state index contributed by atoms with van der Waals surface area (Å²) in [4.78, 5) is 18.8. The van der Waals surface area contributed by atoms with Crippen LogP contribution in [0, 0.1) is 16.0 Å². The molecule has 1 aromatic heterocycles. The molecule has 3 aromatic rings. The highest BCUT2D eigenvalue weighted by Crippen LogP contribution is 2.40. The molecule has 0 spiro atoms. The lowest BCUT2D eigenvalue weighted by Gasteiger charge is -2.50. The van der Waals surface area contributed by atoms with E-state index in [1.807, 2.05) is 36.5 Å². The van der Waals surface area contributed by atoms with E-state index in [1.54, 1.807) is 23.5 Å². The van der Waals surface area contributed by atoms with E-state index in [1.165, 1.54) is 12.0 Å². The van der Waals surface area contributed by atoms with Gasteiger partial charge in [0.2, 0.25) is 0 Å². The summed E-state index contributed by atoms with van der Waals surface area (Å²) in [5.74, 6) is 0.350. The standard InChI is InChI=1S/C26H31N5O2S/c27-26(20-9-6-16-30(18-20)21-11-13-22(14-12-21)31(32)33)15-5-4-10-24(26)29-25-28-17-23(34-25)19-7-2-1-3-8-19/h1-3,7-8,11-14,17,20,24H,4-6,9-10,15-16,18,27H2,(H,28,29)/t20-,24?,26?/m0/s1. The van der Waals surface area contributed by atoms with Crippen LogP contribution < -0.4 is 16.0 Å². The van der Waals surface area contributed by atoms with Gasteiger partial charge in [-0.15, -0.1) is 0 Å². The van der Waals surface area contributed by atoms with Crippen LogP contribution in [0.5, 0.6) is 0 Å². The Morgan fingerprint density at radius 2 is 1.88 bits per heavy atom. The molecule has 1 saturated heterocycles. The van der Waals surface area contributed by atoms with Crippen molar-refractivity contribution in [2.24, 2.45) is 11.7 Å². The topological polar surface area (TPSA) is 97.3 Å². The van der Waals surface area contributed by atoms with Gasteiger partial charge < -0.3 is 16.0 Å². The predicted molar refractivity (Wildman–Crippen MR) is 138 cm³/mol. The normalized spacial score (nSPS) is 25.1. The summed E-state index contributed by atoms with van der Waals surface area (Å²) in [6.45, 7) is 1.83. The molecule has 2 unspecified atom stereocenters. The minimum Gasteiger partial charge on any atom is -0.371 e. The van der Waals surface area contributed by atoms with Crippen LogP contribution in [0.4, 0.5) is 16.5 Å². The van der Waals surface area contributed by atoms with Crippen LogP contribution in [0.25, 0.3) is 10.4 Å². The average Bonchev–Trinajstić information content (AvgIpc) is 3.35. The van der Waals surface area contributed by atoms with Crippen molar-refractivity contribution in [2.45, 2.75) is 50.1 Å². The zero-order valence-corrected chi connectivity index (χ0v) is 20.0. The lowest BCUT2D eigenvalue weighted by atomic mass is 9.67. The third-order valence-corrected chi connectivity index (χ3v) is 8.45. The minimum absolute atomic E-state index is 0.127. The first-order valence-electron chi connectivity index (χ1n) is 12.1. The summed E-state index contributed by atoms with van der Waals surface area (Å²) in [5, 5.41) is 15.7. The Morgan fingerprint density at radius 3 is 2.65 bits per heavy atom. The first-order valence-corrected chi connectivity index (χ1v) is 12.9. The van der Waals surface area contributed by atoms with Crippen molar-refractivity contribution in [3.63, 3.8) is 0 Å². The smallest absolute Gasteiger partial charge is 0.269 e. The number of nitrogens with one attached hydrogen (secondary N) is 1. The molecule has 3 N–H and O–H groups in total. The molecule has 1 saturated carbocycles. The molecule has 2 aliphatic rings. The Labute approximate surface area is 204 Å². The van der Waals surface area contributed by atoms with Crippen LogP contribution in [0.2, 0.25) is 0 Å². The fourth-order valence-electron chi connectivity index (χ4n) is 5.58. The monoisotopic (exact) mass is 477 g/mol. The van der Waals surface area contributed by atoms with Gasteiger partial charge >= 0.3 is 0 Å². The second kappa shape index (κ2) is 9.72. The Kier molecular flexibility index (Phi) is 6.52. The van der Waals surface area contributed by atoms with Crippen molar-refractivity contribution in [2.75, 3.05) is 23.3 Å². The van der Waals surface area contributed by atoms with E-state index in [2.05, 4.69) is 27.3 Å². The van der Waals surface area contributed by atoms with Gasteiger partial charge in [-0.3, -0.25) is 10.1 Å². The van der Waals surface area contributed by atoms with Crippen LogP contribution >= 0.6 is 11.3 Å². The van der Waals surface area contributed by atoms with Crippen molar-refractivity contribution < 1.29 is 4.92 Å². The molecule has 0 bridgehead atoms. The zero-order chi connectivity index (χ0) is 23.5. The van der Waals surface area contributed by atoms with Crippen molar-refractivity contribution in [3.8, 4) is 10.4 Å². The maximum absolute atomic E-state index is 11.0. The lowest BCUT2D eigenvalue weighted by molar-refractivity contribution is -0.384. The number of thiazole rings is 1. The van der Waals surface area contributed by atoms with Gasteiger partial charge in [-0.25, -0.2) is 4.98 Å². The average molecular weight is 478 g/mol. The van der Waals surface area contributed by atoms with Crippen LogP contribution in [-0.4, -0.2) is 34.6 Å². The number of rotatable bonds is 6. The molecule has 2 fully saturated rings. The third kappa shape index (κ3) is 4.65. The van der Waals surface area contributed by atoms with Gasteiger partial charge in [0.05, 0.1) is 9.80 Å². The molecule has 1 aliphatic carbocycles. The number of nitro groups is 1. The number of hydrogen-bond acceptors (Lipinski definition) is 7. The van der Waals surface area contributed by atoms with Crippen LogP contribution in [-0.2, 0) is 0 Å². The molecular weight excluding hydrogens is 446 g/mol. The molecule has 2 aromatic carbocycles. The number of piperidine rings is 1.